The molecule has 0 radical (unpaired) electrons. The van der Waals surface area contributed by atoms with Crippen molar-refractivity contribution in [2.75, 3.05) is 13.1 Å². The van der Waals surface area contributed by atoms with Crippen LogP contribution in [0.5, 0.6) is 0 Å². The number of ether oxygens (including phenoxy) is 1. The summed E-state index contributed by atoms with van der Waals surface area (Å²) in [5.74, 6) is 0.828. The first-order valence-corrected chi connectivity index (χ1v) is 6.68. The fourth-order valence-electron chi connectivity index (χ4n) is 2.17. The third kappa shape index (κ3) is 3.39. The second-order valence-electron chi connectivity index (χ2n) is 6.08. The number of nitrogens with zero attached hydrogens (tertiary/aromatic N) is 3. The van der Waals surface area contributed by atoms with Gasteiger partial charge in [-0.15, -0.1) is 0 Å². The predicted molar refractivity (Wildman–Crippen MR) is 77.0 cm³/mol. The van der Waals surface area contributed by atoms with Crippen molar-refractivity contribution in [2.24, 2.45) is 12.8 Å². The van der Waals surface area contributed by atoms with Crippen molar-refractivity contribution in [1.29, 1.82) is 0 Å². The summed E-state index contributed by atoms with van der Waals surface area (Å²) in [5, 5.41) is 0. The van der Waals surface area contributed by atoms with Crippen molar-refractivity contribution in [2.45, 2.75) is 32.4 Å². The number of rotatable bonds is 1. The van der Waals surface area contributed by atoms with E-state index in [2.05, 4.69) is 4.98 Å². The summed E-state index contributed by atoms with van der Waals surface area (Å²) in [6.45, 7) is 6.48. The minimum atomic E-state index is -0.508. The Kier molecular flexibility index (Phi) is 3.85. The molecule has 1 aliphatic rings. The molecule has 2 N–H and O–H groups in total. The Bertz CT molecular complexity index is 528. The van der Waals surface area contributed by atoms with Gasteiger partial charge in [0.25, 0.3) is 0 Å². The standard InChI is InChI=1S/C14H22N4O2/c1-14(2,3)20-13(19)18-8-10(7-11(15)9-18)12-16-5-6-17(12)4/h5-7,11H,8-9,15H2,1-4H3. The summed E-state index contributed by atoms with van der Waals surface area (Å²) in [6.07, 6.45) is 5.22. The number of nitrogens with two attached hydrogens (primary N) is 1. The molecule has 20 heavy (non-hydrogen) atoms. The lowest BCUT2D eigenvalue weighted by atomic mass is 10.1. The highest BCUT2D eigenvalue weighted by Crippen LogP contribution is 2.20. The van der Waals surface area contributed by atoms with Gasteiger partial charge >= 0.3 is 6.09 Å². The number of amides is 1. The molecular weight excluding hydrogens is 256 g/mol. The fraction of sp³-hybridized carbons (Fsp3) is 0.571. The Morgan fingerprint density at radius 2 is 2.20 bits per heavy atom. The maximum absolute atomic E-state index is 12.2. The molecule has 1 aliphatic heterocycles. The largest absolute Gasteiger partial charge is 0.444 e. The molecule has 2 rings (SSSR count). The lowest BCUT2D eigenvalue weighted by molar-refractivity contribution is 0.0265. The molecule has 0 saturated carbocycles. The van der Waals surface area contributed by atoms with Crippen molar-refractivity contribution >= 4 is 11.7 Å². The van der Waals surface area contributed by atoms with E-state index in [1.807, 2.05) is 44.7 Å². The predicted octanol–water partition coefficient (Wildman–Crippen LogP) is 1.38. The first-order valence-electron chi connectivity index (χ1n) is 6.68. The van der Waals surface area contributed by atoms with Crippen LogP contribution in [-0.2, 0) is 11.8 Å². The summed E-state index contributed by atoms with van der Waals surface area (Å²) in [7, 11) is 1.92. The van der Waals surface area contributed by atoms with E-state index < -0.39 is 5.60 Å². The first-order chi connectivity index (χ1) is 9.26. The van der Waals surface area contributed by atoms with Crippen molar-refractivity contribution < 1.29 is 9.53 Å². The van der Waals surface area contributed by atoms with Gasteiger partial charge in [0.1, 0.15) is 11.4 Å². The monoisotopic (exact) mass is 278 g/mol. The third-order valence-electron chi connectivity index (χ3n) is 2.97. The average molecular weight is 278 g/mol. The van der Waals surface area contributed by atoms with Crippen molar-refractivity contribution in [3.8, 4) is 0 Å². The summed E-state index contributed by atoms with van der Waals surface area (Å²) in [6, 6.07) is -0.206. The number of carbonyl (C=O) groups excluding carboxylic acids is 1. The van der Waals surface area contributed by atoms with E-state index in [0.717, 1.165) is 11.4 Å². The van der Waals surface area contributed by atoms with E-state index >= 15 is 0 Å². The number of carbonyl (C=O) groups is 1. The minimum Gasteiger partial charge on any atom is -0.444 e. The molecule has 2 heterocycles. The van der Waals surface area contributed by atoms with Crippen LogP contribution in [0.15, 0.2) is 18.5 Å². The van der Waals surface area contributed by atoms with Gasteiger partial charge < -0.3 is 19.9 Å². The molecule has 110 valence electrons. The van der Waals surface area contributed by atoms with Crippen LogP contribution < -0.4 is 5.73 Å². The second-order valence-corrected chi connectivity index (χ2v) is 6.08. The molecule has 0 spiro atoms. The van der Waals surface area contributed by atoms with Crippen LogP contribution in [-0.4, -0.2) is 45.3 Å². The van der Waals surface area contributed by atoms with Crippen LogP contribution >= 0.6 is 0 Å². The summed E-state index contributed by atoms with van der Waals surface area (Å²) in [4.78, 5) is 18.1. The molecule has 6 nitrogen and oxygen atoms in total. The fourth-order valence-corrected chi connectivity index (χ4v) is 2.17. The zero-order chi connectivity index (χ0) is 14.9. The van der Waals surface area contributed by atoms with Crippen molar-refractivity contribution in [3.63, 3.8) is 0 Å². The van der Waals surface area contributed by atoms with Gasteiger partial charge in [-0.25, -0.2) is 9.78 Å². The highest BCUT2D eigenvalue weighted by molar-refractivity contribution is 5.74. The average Bonchev–Trinajstić information content (AvgIpc) is 2.72. The van der Waals surface area contributed by atoms with Crippen LogP contribution in [0.4, 0.5) is 4.79 Å². The Labute approximate surface area is 119 Å². The molecular formula is C14H22N4O2. The van der Waals surface area contributed by atoms with Crippen LogP contribution in [0.25, 0.3) is 5.57 Å². The molecule has 1 unspecified atom stereocenters. The van der Waals surface area contributed by atoms with Crippen LogP contribution in [0.2, 0.25) is 0 Å². The Balaban J connectivity index is 2.15. The van der Waals surface area contributed by atoms with Gasteiger partial charge in [0, 0.05) is 37.6 Å². The van der Waals surface area contributed by atoms with Crippen LogP contribution in [0.1, 0.15) is 26.6 Å². The SMILES string of the molecule is Cn1ccnc1C1=CC(N)CN(C(=O)OC(C)(C)C)C1. The molecule has 6 heteroatoms. The quantitative estimate of drug-likeness (QED) is 0.842. The number of imidazole rings is 1. The Morgan fingerprint density at radius 1 is 1.50 bits per heavy atom. The number of hydrogen-bond acceptors (Lipinski definition) is 4. The molecule has 0 fully saturated rings. The smallest absolute Gasteiger partial charge is 0.410 e. The van der Waals surface area contributed by atoms with E-state index in [9.17, 15) is 4.79 Å². The number of hydrogen-bond donors (Lipinski definition) is 1. The van der Waals surface area contributed by atoms with Gasteiger partial charge in [0.05, 0.1) is 6.54 Å². The molecule has 0 aliphatic carbocycles. The molecule has 0 bridgehead atoms. The highest BCUT2D eigenvalue weighted by Gasteiger charge is 2.28. The van der Waals surface area contributed by atoms with Crippen LogP contribution in [0, 0.1) is 0 Å². The lowest BCUT2D eigenvalue weighted by Crippen LogP contribution is -2.46. The molecule has 1 aromatic heterocycles. The van der Waals surface area contributed by atoms with Gasteiger partial charge in [0.2, 0.25) is 0 Å². The van der Waals surface area contributed by atoms with Crippen molar-refractivity contribution in [1.82, 2.24) is 14.5 Å². The second kappa shape index (κ2) is 5.28. The molecule has 0 aromatic carbocycles. The Hall–Kier alpha value is -1.82. The summed E-state index contributed by atoms with van der Waals surface area (Å²) in [5.41, 5.74) is 6.45. The van der Waals surface area contributed by atoms with Crippen LogP contribution in [0.3, 0.4) is 0 Å². The lowest BCUT2D eigenvalue weighted by Gasteiger charge is -2.32. The zero-order valence-electron chi connectivity index (χ0n) is 12.5. The third-order valence-corrected chi connectivity index (χ3v) is 2.97. The molecule has 0 saturated heterocycles. The normalized spacial score (nSPS) is 19.8. The van der Waals surface area contributed by atoms with E-state index in [1.54, 1.807) is 11.1 Å². The highest BCUT2D eigenvalue weighted by atomic mass is 16.6. The van der Waals surface area contributed by atoms with E-state index in [-0.39, 0.29) is 12.1 Å². The Morgan fingerprint density at radius 3 is 2.75 bits per heavy atom. The maximum Gasteiger partial charge on any atom is 0.410 e. The van der Waals surface area contributed by atoms with Gasteiger partial charge in [-0.05, 0) is 20.8 Å². The van der Waals surface area contributed by atoms with E-state index in [1.165, 1.54) is 0 Å². The zero-order valence-corrected chi connectivity index (χ0v) is 12.5. The molecule has 1 atom stereocenters. The number of aromatic nitrogens is 2. The van der Waals surface area contributed by atoms with E-state index in [4.69, 9.17) is 10.5 Å². The van der Waals surface area contributed by atoms with Gasteiger partial charge in [-0.3, -0.25) is 0 Å². The van der Waals surface area contributed by atoms with Gasteiger partial charge in [-0.1, -0.05) is 6.08 Å². The van der Waals surface area contributed by atoms with Gasteiger partial charge in [0.15, 0.2) is 0 Å². The maximum atomic E-state index is 12.2. The molecule has 1 aromatic rings. The minimum absolute atomic E-state index is 0.206. The van der Waals surface area contributed by atoms with Gasteiger partial charge in [-0.2, -0.15) is 0 Å². The summed E-state index contributed by atoms with van der Waals surface area (Å²) >= 11 is 0. The van der Waals surface area contributed by atoms with Crippen molar-refractivity contribution in [3.05, 3.63) is 24.3 Å². The number of aryl methyl sites for hydroxylation is 1. The topological polar surface area (TPSA) is 73.4 Å². The first kappa shape index (κ1) is 14.6. The summed E-state index contributed by atoms with van der Waals surface area (Å²) < 4.78 is 7.31. The van der Waals surface area contributed by atoms with E-state index in [0.29, 0.717) is 13.1 Å². The molecule has 1 amide bonds.